The number of aryl methyl sites for hydroxylation is 1. The van der Waals surface area contributed by atoms with Gasteiger partial charge >= 0.3 is 0 Å². The van der Waals surface area contributed by atoms with Crippen LogP contribution in [0.25, 0.3) is 22.6 Å². The molecule has 0 saturated heterocycles. The Balaban J connectivity index is 1.49. The monoisotopic (exact) mass is 421 g/mol. The molecule has 4 aromatic rings. The van der Waals surface area contributed by atoms with E-state index in [1.54, 1.807) is 41.2 Å². The number of benzene rings is 2. The average molecular weight is 421 g/mol. The highest BCUT2D eigenvalue weighted by Crippen LogP contribution is 2.30. The highest BCUT2D eigenvalue weighted by atomic mass is 19.1. The van der Waals surface area contributed by atoms with Crippen molar-refractivity contribution in [1.29, 1.82) is 0 Å². The molecule has 0 atom stereocenters. The maximum atomic E-state index is 13.7. The minimum atomic E-state index is -0.395. The lowest BCUT2D eigenvalue weighted by Crippen LogP contribution is -2.29. The number of amides is 1. The normalized spacial score (nSPS) is 10.9. The van der Waals surface area contributed by atoms with Crippen LogP contribution in [0, 0.1) is 11.6 Å². The molecule has 0 spiro atoms. The van der Waals surface area contributed by atoms with Gasteiger partial charge in [-0.2, -0.15) is 5.10 Å². The van der Waals surface area contributed by atoms with Crippen LogP contribution in [0.4, 0.5) is 8.78 Å². The van der Waals surface area contributed by atoms with Crippen molar-refractivity contribution in [1.82, 2.24) is 24.6 Å². The van der Waals surface area contributed by atoms with E-state index >= 15 is 0 Å². The van der Waals surface area contributed by atoms with Crippen molar-refractivity contribution >= 4 is 5.91 Å². The zero-order valence-corrected chi connectivity index (χ0v) is 16.9. The number of hydrogen-bond acceptors (Lipinski definition) is 3. The summed E-state index contributed by atoms with van der Waals surface area (Å²) in [6.45, 7) is 0.749. The van der Waals surface area contributed by atoms with Gasteiger partial charge in [0.2, 0.25) is 5.91 Å². The first-order chi connectivity index (χ1) is 15.0. The molecule has 31 heavy (non-hydrogen) atoms. The first-order valence-electron chi connectivity index (χ1n) is 9.82. The van der Waals surface area contributed by atoms with Crippen molar-refractivity contribution in [3.63, 3.8) is 0 Å². The molecule has 0 saturated carbocycles. The number of nitrogens with one attached hydrogen (secondary N) is 1. The number of carbonyl (C=O) groups is 1. The molecule has 0 radical (unpaired) electrons. The molecule has 1 N–H and O–H groups in total. The van der Waals surface area contributed by atoms with Crippen molar-refractivity contribution in [3.05, 3.63) is 84.3 Å². The Kier molecular flexibility index (Phi) is 5.88. The zero-order valence-electron chi connectivity index (χ0n) is 16.9. The van der Waals surface area contributed by atoms with Gasteiger partial charge in [0.15, 0.2) is 5.82 Å². The zero-order chi connectivity index (χ0) is 21.8. The number of nitrogens with zero attached hydrogens (tertiary/aromatic N) is 4. The van der Waals surface area contributed by atoms with Gasteiger partial charge in [0.05, 0.1) is 13.0 Å². The lowest BCUT2D eigenvalue weighted by molar-refractivity contribution is -0.120. The second kappa shape index (κ2) is 8.91. The largest absolute Gasteiger partial charge is 0.354 e. The lowest BCUT2D eigenvalue weighted by Gasteiger charge is -2.06. The second-order valence-electron chi connectivity index (χ2n) is 7.14. The highest BCUT2D eigenvalue weighted by Gasteiger charge is 2.17. The number of aromatic nitrogens is 4. The van der Waals surface area contributed by atoms with Crippen LogP contribution in [0.3, 0.4) is 0 Å². The predicted octanol–water partition coefficient (Wildman–Crippen LogP) is 3.59. The Morgan fingerprint density at radius 1 is 1.10 bits per heavy atom. The highest BCUT2D eigenvalue weighted by molar-refractivity contribution is 5.79. The van der Waals surface area contributed by atoms with Crippen molar-refractivity contribution < 1.29 is 13.6 Å². The Hall–Kier alpha value is -3.81. The molecule has 2 aromatic heterocycles. The summed E-state index contributed by atoms with van der Waals surface area (Å²) in [6, 6.07) is 12.4. The molecule has 0 fully saturated rings. The molecule has 1 amide bonds. The van der Waals surface area contributed by atoms with Gasteiger partial charge in [-0.25, -0.2) is 13.8 Å². The van der Waals surface area contributed by atoms with Gasteiger partial charge in [-0.1, -0.05) is 30.3 Å². The first kappa shape index (κ1) is 20.5. The van der Waals surface area contributed by atoms with E-state index in [-0.39, 0.29) is 18.1 Å². The molecule has 0 aliphatic carbocycles. The molecule has 158 valence electrons. The van der Waals surface area contributed by atoms with Crippen LogP contribution in [0.5, 0.6) is 0 Å². The summed E-state index contributed by atoms with van der Waals surface area (Å²) < 4.78 is 30.7. The fraction of sp³-hybridized carbons (Fsp3) is 0.174. The number of rotatable bonds is 7. The van der Waals surface area contributed by atoms with Gasteiger partial charge in [0.1, 0.15) is 17.3 Å². The number of hydrogen-bond donors (Lipinski definition) is 1. The summed E-state index contributed by atoms with van der Waals surface area (Å²) in [5, 5.41) is 7.43. The maximum Gasteiger partial charge on any atom is 0.224 e. The first-order valence-corrected chi connectivity index (χ1v) is 9.82. The Morgan fingerprint density at radius 2 is 1.87 bits per heavy atom. The third-order valence-corrected chi connectivity index (χ3v) is 4.92. The van der Waals surface area contributed by atoms with Gasteiger partial charge < -0.3 is 9.88 Å². The van der Waals surface area contributed by atoms with E-state index in [2.05, 4.69) is 15.4 Å². The Labute approximate surface area is 178 Å². The molecule has 0 aliphatic rings. The topological polar surface area (TPSA) is 64.7 Å². The maximum absolute atomic E-state index is 13.7. The van der Waals surface area contributed by atoms with Crippen LogP contribution < -0.4 is 5.32 Å². The Morgan fingerprint density at radius 3 is 2.58 bits per heavy atom. The quantitative estimate of drug-likeness (QED) is 0.496. The van der Waals surface area contributed by atoms with Crippen molar-refractivity contribution in [2.75, 3.05) is 6.54 Å². The lowest BCUT2D eigenvalue weighted by atomic mass is 10.1. The molecular formula is C23H21F2N5O. The predicted molar refractivity (Wildman–Crippen MR) is 113 cm³/mol. The number of carbonyl (C=O) groups excluding carboxylic acids is 1. The van der Waals surface area contributed by atoms with Crippen LogP contribution in [0.1, 0.15) is 5.56 Å². The molecule has 2 heterocycles. The van der Waals surface area contributed by atoms with Crippen LogP contribution in [-0.2, 0) is 24.8 Å². The fourth-order valence-corrected chi connectivity index (χ4v) is 3.32. The van der Waals surface area contributed by atoms with E-state index in [1.165, 1.54) is 18.2 Å². The SMILES string of the molecule is Cn1ccnc1-c1nn(CCNC(=O)Cc2ccccc2F)cc1-c1ccc(F)cc1. The van der Waals surface area contributed by atoms with Crippen molar-refractivity contribution in [2.24, 2.45) is 7.05 Å². The van der Waals surface area contributed by atoms with Gasteiger partial charge in [0, 0.05) is 37.7 Å². The van der Waals surface area contributed by atoms with E-state index in [0.717, 1.165) is 11.1 Å². The molecule has 0 unspecified atom stereocenters. The molecule has 6 nitrogen and oxygen atoms in total. The molecule has 8 heteroatoms. The molecule has 4 rings (SSSR count). The molecule has 2 aromatic carbocycles. The third kappa shape index (κ3) is 4.69. The number of halogens is 2. The standard InChI is InChI=1S/C23H21F2N5O/c1-29-12-10-27-23(29)22-19(16-6-8-18(24)9-7-16)15-30(28-22)13-11-26-21(31)14-17-4-2-3-5-20(17)25/h2-10,12,15H,11,13-14H2,1H3,(H,26,31). The fourth-order valence-electron chi connectivity index (χ4n) is 3.32. The van der Waals surface area contributed by atoms with Gasteiger partial charge in [-0.15, -0.1) is 0 Å². The van der Waals surface area contributed by atoms with Gasteiger partial charge in [-0.05, 0) is 29.3 Å². The summed E-state index contributed by atoms with van der Waals surface area (Å²) in [5.41, 5.74) is 2.65. The minimum Gasteiger partial charge on any atom is -0.354 e. The van der Waals surface area contributed by atoms with Crippen LogP contribution >= 0.6 is 0 Å². The summed E-state index contributed by atoms with van der Waals surface area (Å²) in [4.78, 5) is 16.5. The molecule has 0 aliphatic heterocycles. The molecule has 0 bridgehead atoms. The van der Waals surface area contributed by atoms with E-state index < -0.39 is 5.82 Å². The van der Waals surface area contributed by atoms with Crippen LogP contribution in [0.15, 0.2) is 67.1 Å². The Bertz CT molecular complexity index is 1200. The van der Waals surface area contributed by atoms with Crippen LogP contribution in [0.2, 0.25) is 0 Å². The summed E-state index contributed by atoms with van der Waals surface area (Å²) >= 11 is 0. The van der Waals surface area contributed by atoms with Gasteiger partial charge in [-0.3, -0.25) is 9.48 Å². The smallest absolute Gasteiger partial charge is 0.224 e. The number of imidazole rings is 1. The summed E-state index contributed by atoms with van der Waals surface area (Å²) in [7, 11) is 1.87. The van der Waals surface area contributed by atoms with Crippen molar-refractivity contribution in [2.45, 2.75) is 13.0 Å². The van der Waals surface area contributed by atoms with E-state index in [0.29, 0.717) is 30.2 Å². The molecular weight excluding hydrogens is 400 g/mol. The summed E-state index contributed by atoms with van der Waals surface area (Å²) in [6.07, 6.45) is 5.34. The van der Waals surface area contributed by atoms with Gasteiger partial charge in [0.25, 0.3) is 0 Å². The average Bonchev–Trinajstić information content (AvgIpc) is 3.36. The van der Waals surface area contributed by atoms with E-state index in [4.69, 9.17) is 0 Å². The summed E-state index contributed by atoms with van der Waals surface area (Å²) in [5.74, 6) is -0.289. The second-order valence-corrected chi connectivity index (χ2v) is 7.14. The third-order valence-electron chi connectivity index (χ3n) is 4.92. The van der Waals surface area contributed by atoms with E-state index in [9.17, 15) is 13.6 Å². The van der Waals surface area contributed by atoms with Crippen molar-refractivity contribution in [3.8, 4) is 22.6 Å². The minimum absolute atomic E-state index is 0.0227. The van der Waals surface area contributed by atoms with E-state index in [1.807, 2.05) is 24.0 Å². The van der Waals surface area contributed by atoms with Crippen LogP contribution in [-0.4, -0.2) is 31.8 Å².